The average Bonchev–Trinajstić information content (AvgIpc) is 3.45. The van der Waals surface area contributed by atoms with Crippen LogP contribution in [0.3, 0.4) is 0 Å². The Morgan fingerprint density at radius 3 is 2.59 bits per heavy atom. The number of carbonyl (C=O) groups is 1. The number of nitrogens with one attached hydrogen (secondary N) is 1. The third-order valence-corrected chi connectivity index (χ3v) is 6.34. The number of benzene rings is 2. The number of hydrogen-bond acceptors (Lipinski definition) is 8. The number of carbonyl (C=O) groups excluding carboxylic acids is 1. The Balaban J connectivity index is 1.41. The molecular weight excluding hydrogens is 472 g/mol. The van der Waals surface area contributed by atoms with Crippen LogP contribution in [-0.2, 0) is 19.3 Å². The van der Waals surface area contributed by atoms with Crippen LogP contribution in [0.5, 0.6) is 23.0 Å². The highest BCUT2D eigenvalue weighted by Crippen LogP contribution is 2.41. The first-order valence-electron chi connectivity index (χ1n) is 12.7. The normalized spacial score (nSPS) is 14.4. The number of tetrazole rings is 1. The van der Waals surface area contributed by atoms with Crippen molar-refractivity contribution in [2.45, 2.75) is 58.5 Å². The number of allylic oxidation sites excluding steroid dienone is 1. The molecule has 0 aliphatic carbocycles. The molecule has 9 heteroatoms. The van der Waals surface area contributed by atoms with Crippen molar-refractivity contribution in [2.24, 2.45) is 0 Å². The lowest BCUT2D eigenvalue weighted by Gasteiger charge is -2.27. The predicted octanol–water partition coefficient (Wildman–Crippen LogP) is 5.01. The lowest BCUT2D eigenvalue weighted by Crippen LogP contribution is -2.18. The standard InChI is InChI=1S/C28H34N4O5/c1-5-8-21-23(13-10-19-11-14-25(37-26(19)21)28-29-31-32-30-28)35-16-7-17-36-24-15-12-20(18(3)33)27(34-4)22(24)9-6-2/h6,10,12-13,15,25H,2,5,7-9,11,14,16-17H2,1,3-4H3,(H,29,30,31,32). The molecule has 1 N–H and O–H groups in total. The summed E-state index contributed by atoms with van der Waals surface area (Å²) in [5.74, 6) is 3.45. The molecule has 0 saturated heterocycles. The summed E-state index contributed by atoms with van der Waals surface area (Å²) in [4.78, 5) is 12.0. The summed E-state index contributed by atoms with van der Waals surface area (Å²) in [7, 11) is 1.56. The predicted molar refractivity (Wildman–Crippen MR) is 139 cm³/mol. The van der Waals surface area contributed by atoms with E-state index in [0.29, 0.717) is 48.9 Å². The molecule has 1 atom stereocenters. The van der Waals surface area contributed by atoms with Gasteiger partial charge in [-0.15, -0.1) is 16.8 Å². The number of ether oxygens (including phenoxy) is 4. The molecule has 2 aromatic carbocycles. The maximum atomic E-state index is 12.0. The van der Waals surface area contributed by atoms with Crippen molar-refractivity contribution < 1.29 is 23.7 Å². The number of fused-ring (bicyclic) bond motifs is 1. The van der Waals surface area contributed by atoms with Gasteiger partial charge in [-0.2, -0.15) is 5.21 Å². The number of methoxy groups -OCH3 is 1. The Bertz CT molecular complexity index is 1230. The van der Waals surface area contributed by atoms with E-state index in [1.54, 1.807) is 19.3 Å². The monoisotopic (exact) mass is 506 g/mol. The smallest absolute Gasteiger partial charge is 0.214 e. The highest BCUT2D eigenvalue weighted by atomic mass is 16.5. The zero-order chi connectivity index (χ0) is 26.2. The van der Waals surface area contributed by atoms with Gasteiger partial charge in [-0.05, 0) is 56.4 Å². The van der Waals surface area contributed by atoms with Crippen LogP contribution in [0, 0.1) is 0 Å². The second-order valence-electron chi connectivity index (χ2n) is 8.92. The molecule has 0 spiro atoms. The second-order valence-corrected chi connectivity index (χ2v) is 8.92. The van der Waals surface area contributed by atoms with Gasteiger partial charge in [0.25, 0.3) is 0 Å². The quantitative estimate of drug-likeness (QED) is 0.196. The highest BCUT2D eigenvalue weighted by Gasteiger charge is 2.28. The summed E-state index contributed by atoms with van der Waals surface area (Å²) < 4.78 is 24.1. The van der Waals surface area contributed by atoms with Crippen molar-refractivity contribution in [3.63, 3.8) is 0 Å². The summed E-state index contributed by atoms with van der Waals surface area (Å²) in [6.45, 7) is 8.44. The molecule has 4 rings (SSSR count). The van der Waals surface area contributed by atoms with E-state index in [4.69, 9.17) is 18.9 Å². The molecular formula is C28H34N4O5. The van der Waals surface area contributed by atoms with Crippen LogP contribution in [-0.4, -0.2) is 46.7 Å². The zero-order valence-corrected chi connectivity index (χ0v) is 21.7. The van der Waals surface area contributed by atoms with Crippen LogP contribution in [0.1, 0.15) is 72.1 Å². The second kappa shape index (κ2) is 12.4. The number of rotatable bonds is 13. The molecule has 0 bridgehead atoms. The zero-order valence-electron chi connectivity index (χ0n) is 21.7. The van der Waals surface area contributed by atoms with Gasteiger partial charge in [0, 0.05) is 17.5 Å². The molecule has 3 aromatic rings. The Morgan fingerprint density at radius 1 is 1.19 bits per heavy atom. The summed E-state index contributed by atoms with van der Waals surface area (Å²) in [5.41, 5.74) is 3.61. The molecule has 1 aliphatic heterocycles. The van der Waals surface area contributed by atoms with Crippen molar-refractivity contribution in [3.8, 4) is 23.0 Å². The van der Waals surface area contributed by atoms with Crippen LogP contribution in [0.25, 0.3) is 0 Å². The first-order chi connectivity index (χ1) is 18.1. The van der Waals surface area contributed by atoms with E-state index in [9.17, 15) is 4.79 Å². The van der Waals surface area contributed by atoms with Crippen molar-refractivity contribution in [2.75, 3.05) is 20.3 Å². The van der Waals surface area contributed by atoms with Crippen molar-refractivity contribution >= 4 is 5.78 Å². The molecule has 9 nitrogen and oxygen atoms in total. The minimum absolute atomic E-state index is 0.0531. The number of aryl methyl sites for hydroxylation is 1. The number of aromatic amines is 1. The fraction of sp³-hybridized carbons (Fsp3) is 0.429. The van der Waals surface area contributed by atoms with Gasteiger partial charge in [0.15, 0.2) is 11.9 Å². The Morgan fingerprint density at radius 2 is 1.95 bits per heavy atom. The fourth-order valence-corrected chi connectivity index (χ4v) is 4.62. The van der Waals surface area contributed by atoms with E-state index in [1.165, 1.54) is 12.5 Å². The molecule has 37 heavy (non-hydrogen) atoms. The minimum Gasteiger partial charge on any atom is -0.496 e. The van der Waals surface area contributed by atoms with Crippen LogP contribution in [0.15, 0.2) is 36.9 Å². The molecule has 0 fully saturated rings. The summed E-state index contributed by atoms with van der Waals surface area (Å²) in [5, 5.41) is 14.4. The molecule has 0 radical (unpaired) electrons. The van der Waals surface area contributed by atoms with Gasteiger partial charge >= 0.3 is 0 Å². The van der Waals surface area contributed by atoms with Crippen molar-refractivity contribution in [3.05, 3.63) is 65.0 Å². The van der Waals surface area contributed by atoms with Gasteiger partial charge in [0.2, 0.25) is 5.82 Å². The minimum atomic E-state index is -0.221. The number of Topliss-reactive ketones (excluding diaryl/α,β-unsaturated/α-hetero) is 1. The number of hydrogen-bond donors (Lipinski definition) is 1. The topological polar surface area (TPSA) is 108 Å². The molecule has 0 saturated carbocycles. The van der Waals surface area contributed by atoms with E-state index >= 15 is 0 Å². The van der Waals surface area contributed by atoms with Crippen molar-refractivity contribution in [1.29, 1.82) is 0 Å². The summed E-state index contributed by atoms with van der Waals surface area (Å²) in [6, 6.07) is 7.68. The van der Waals surface area contributed by atoms with E-state index in [-0.39, 0.29) is 11.9 Å². The first kappa shape index (κ1) is 26.2. The van der Waals surface area contributed by atoms with E-state index < -0.39 is 0 Å². The first-order valence-corrected chi connectivity index (χ1v) is 12.7. The van der Waals surface area contributed by atoms with Crippen molar-refractivity contribution in [1.82, 2.24) is 20.6 Å². The SMILES string of the molecule is C=CCc1c(OCCCOc2ccc3c(c2CCC)OC(c2nn[nH]n2)CC3)ccc(C(C)=O)c1OC. The summed E-state index contributed by atoms with van der Waals surface area (Å²) >= 11 is 0. The van der Waals surface area contributed by atoms with Crippen LogP contribution < -0.4 is 18.9 Å². The lowest BCUT2D eigenvalue weighted by atomic mass is 9.96. The Hall–Kier alpha value is -3.88. The number of H-pyrrole nitrogens is 1. The number of ketones is 1. The van der Waals surface area contributed by atoms with Gasteiger partial charge in [0.05, 0.1) is 25.9 Å². The molecule has 1 aromatic heterocycles. The number of aromatic nitrogens is 4. The number of nitrogens with zero attached hydrogens (tertiary/aromatic N) is 3. The van der Waals surface area contributed by atoms with Gasteiger partial charge < -0.3 is 18.9 Å². The highest BCUT2D eigenvalue weighted by molar-refractivity contribution is 5.97. The van der Waals surface area contributed by atoms with Crippen LogP contribution in [0.4, 0.5) is 0 Å². The fourth-order valence-electron chi connectivity index (χ4n) is 4.62. The maximum absolute atomic E-state index is 12.0. The molecule has 0 amide bonds. The summed E-state index contributed by atoms with van der Waals surface area (Å²) in [6.07, 6.45) is 6.28. The van der Waals surface area contributed by atoms with Gasteiger partial charge in [-0.25, -0.2) is 0 Å². The third-order valence-electron chi connectivity index (χ3n) is 6.34. The molecule has 1 unspecified atom stereocenters. The van der Waals surface area contributed by atoms with Gasteiger partial charge in [-0.1, -0.05) is 30.7 Å². The lowest BCUT2D eigenvalue weighted by molar-refractivity contribution is 0.101. The van der Waals surface area contributed by atoms with Crippen LogP contribution in [0.2, 0.25) is 0 Å². The van der Waals surface area contributed by atoms with Gasteiger partial charge in [-0.3, -0.25) is 4.79 Å². The average molecular weight is 507 g/mol. The molecule has 1 aliphatic rings. The Labute approximate surface area is 217 Å². The van der Waals surface area contributed by atoms with E-state index in [2.05, 4.69) is 40.2 Å². The van der Waals surface area contributed by atoms with E-state index in [1.807, 2.05) is 12.1 Å². The Kier molecular flexibility index (Phi) is 8.77. The largest absolute Gasteiger partial charge is 0.496 e. The third kappa shape index (κ3) is 5.93. The molecule has 2 heterocycles. The van der Waals surface area contributed by atoms with Gasteiger partial charge in [0.1, 0.15) is 23.0 Å². The van der Waals surface area contributed by atoms with E-state index in [0.717, 1.165) is 48.3 Å². The molecule has 196 valence electrons. The van der Waals surface area contributed by atoms with Crippen LogP contribution >= 0.6 is 0 Å². The maximum Gasteiger partial charge on any atom is 0.214 e.